The van der Waals surface area contributed by atoms with Gasteiger partial charge >= 0.3 is 0 Å². The van der Waals surface area contributed by atoms with E-state index in [0.29, 0.717) is 0 Å². The van der Waals surface area contributed by atoms with Crippen molar-refractivity contribution in [1.82, 2.24) is 4.90 Å². The number of phenolic OH excluding ortho intramolecular Hbond substituents is 1. The third-order valence-electron chi connectivity index (χ3n) is 3.83. The number of phenols is 1. The van der Waals surface area contributed by atoms with E-state index in [-0.39, 0.29) is 22.7 Å². The van der Waals surface area contributed by atoms with E-state index in [2.05, 4.69) is 36.1 Å². The van der Waals surface area contributed by atoms with Gasteiger partial charge in [-0.1, -0.05) is 43.3 Å². The van der Waals surface area contributed by atoms with Crippen LogP contribution in [0.15, 0.2) is 48.5 Å². The van der Waals surface area contributed by atoms with Crippen LogP contribution in [0.2, 0.25) is 0 Å². The van der Waals surface area contributed by atoms with Crippen LogP contribution >= 0.6 is 17.0 Å². The molecule has 0 fully saturated rings. The fraction of sp³-hybridized carbons (Fsp3) is 0.368. The van der Waals surface area contributed by atoms with Gasteiger partial charge in [0.15, 0.2) is 11.6 Å². The van der Waals surface area contributed by atoms with Crippen LogP contribution in [-0.4, -0.2) is 29.6 Å². The average Bonchev–Trinajstić information content (AvgIpc) is 2.54. The maximum absolute atomic E-state index is 13.1. The predicted molar refractivity (Wildman–Crippen MR) is 99.0 cm³/mol. The smallest absolute Gasteiger partial charge is 0.164 e. The highest BCUT2D eigenvalue weighted by Gasteiger charge is 2.07. The molecule has 0 amide bonds. The van der Waals surface area contributed by atoms with E-state index >= 15 is 0 Å². The van der Waals surface area contributed by atoms with Gasteiger partial charge in [0.05, 0.1) is 0 Å². The van der Waals surface area contributed by atoms with Gasteiger partial charge in [-0.15, -0.1) is 17.0 Å². The first-order valence-corrected chi connectivity index (χ1v) is 7.92. The standard InChI is InChI=1S/C19H24FNO.BrH/c1-2-12-21(13-10-16-6-4-3-5-7-16)14-11-17-8-9-18(20)19(22)15-17;/h3-9,15,22H,2,10-14H2,1H3;1H. The van der Waals surface area contributed by atoms with E-state index in [1.165, 1.54) is 17.7 Å². The SMILES string of the molecule is Br.CCCN(CCc1ccccc1)CCc1ccc(F)c(O)c1. The third-order valence-corrected chi connectivity index (χ3v) is 3.83. The highest BCUT2D eigenvalue weighted by atomic mass is 79.9. The molecule has 0 atom stereocenters. The molecule has 0 aliphatic heterocycles. The van der Waals surface area contributed by atoms with Crippen molar-refractivity contribution in [2.45, 2.75) is 26.2 Å². The number of hydrogen-bond acceptors (Lipinski definition) is 2. The zero-order chi connectivity index (χ0) is 15.8. The van der Waals surface area contributed by atoms with Crippen molar-refractivity contribution < 1.29 is 9.50 Å². The van der Waals surface area contributed by atoms with Gasteiger partial charge in [-0.05, 0) is 49.1 Å². The summed E-state index contributed by atoms with van der Waals surface area (Å²) in [4.78, 5) is 2.42. The van der Waals surface area contributed by atoms with Crippen LogP contribution in [0.25, 0.3) is 0 Å². The maximum Gasteiger partial charge on any atom is 0.164 e. The molecule has 2 nitrogen and oxygen atoms in total. The van der Waals surface area contributed by atoms with Crippen molar-refractivity contribution in [3.63, 3.8) is 0 Å². The van der Waals surface area contributed by atoms with E-state index in [4.69, 9.17) is 0 Å². The second-order valence-electron chi connectivity index (χ2n) is 5.61. The van der Waals surface area contributed by atoms with Gasteiger partial charge in [-0.3, -0.25) is 0 Å². The Labute approximate surface area is 148 Å². The number of benzene rings is 2. The molecule has 2 rings (SSSR count). The topological polar surface area (TPSA) is 23.5 Å². The minimum absolute atomic E-state index is 0. The van der Waals surface area contributed by atoms with Gasteiger partial charge in [-0.2, -0.15) is 0 Å². The van der Waals surface area contributed by atoms with E-state index in [1.54, 1.807) is 6.07 Å². The molecule has 126 valence electrons. The molecule has 2 aromatic carbocycles. The monoisotopic (exact) mass is 381 g/mol. The first-order valence-electron chi connectivity index (χ1n) is 7.92. The lowest BCUT2D eigenvalue weighted by Gasteiger charge is -2.21. The molecule has 1 N–H and O–H groups in total. The molecule has 0 bridgehead atoms. The molecule has 0 unspecified atom stereocenters. The average molecular weight is 382 g/mol. The molecule has 23 heavy (non-hydrogen) atoms. The molecular formula is C19H25BrFNO. The lowest BCUT2D eigenvalue weighted by atomic mass is 10.1. The van der Waals surface area contributed by atoms with Crippen LogP contribution in [0.5, 0.6) is 5.75 Å². The molecule has 0 aromatic heterocycles. The number of halogens is 2. The van der Waals surface area contributed by atoms with E-state index in [1.807, 2.05) is 6.07 Å². The highest BCUT2D eigenvalue weighted by Crippen LogP contribution is 2.17. The summed E-state index contributed by atoms with van der Waals surface area (Å²) in [5.41, 5.74) is 2.32. The first kappa shape index (κ1) is 19.7. The molecular weight excluding hydrogens is 357 g/mol. The number of aromatic hydroxyl groups is 1. The van der Waals surface area contributed by atoms with Crippen LogP contribution in [0.3, 0.4) is 0 Å². The number of hydrogen-bond donors (Lipinski definition) is 1. The molecule has 0 radical (unpaired) electrons. The summed E-state index contributed by atoms with van der Waals surface area (Å²) in [5.74, 6) is -0.818. The molecule has 0 aliphatic rings. The van der Waals surface area contributed by atoms with Gasteiger partial charge in [0, 0.05) is 13.1 Å². The Morgan fingerprint density at radius 3 is 2.17 bits per heavy atom. The van der Waals surface area contributed by atoms with E-state index in [9.17, 15) is 9.50 Å². The third kappa shape index (κ3) is 6.71. The molecule has 0 aliphatic carbocycles. The first-order chi connectivity index (χ1) is 10.7. The molecule has 0 heterocycles. The van der Waals surface area contributed by atoms with Crippen molar-refractivity contribution in [1.29, 1.82) is 0 Å². The minimum atomic E-state index is -0.557. The lowest BCUT2D eigenvalue weighted by Crippen LogP contribution is -2.29. The van der Waals surface area contributed by atoms with Crippen LogP contribution in [-0.2, 0) is 12.8 Å². The van der Waals surface area contributed by atoms with Crippen molar-refractivity contribution >= 4 is 17.0 Å². The van der Waals surface area contributed by atoms with Gasteiger partial charge in [-0.25, -0.2) is 4.39 Å². The Bertz CT molecular complexity index is 577. The summed E-state index contributed by atoms with van der Waals surface area (Å²) in [6.07, 6.45) is 2.97. The van der Waals surface area contributed by atoms with E-state index < -0.39 is 5.82 Å². The second kappa shape index (κ2) is 10.4. The summed E-state index contributed by atoms with van der Waals surface area (Å²) in [7, 11) is 0. The zero-order valence-corrected chi connectivity index (χ0v) is 15.3. The van der Waals surface area contributed by atoms with Gasteiger partial charge in [0.1, 0.15) is 0 Å². The number of nitrogens with zero attached hydrogens (tertiary/aromatic N) is 1. The van der Waals surface area contributed by atoms with Crippen molar-refractivity contribution in [3.05, 3.63) is 65.5 Å². The Kier molecular flexibility index (Phi) is 8.89. The predicted octanol–water partition coefficient (Wildman–Crippen LogP) is 4.61. The number of rotatable bonds is 8. The minimum Gasteiger partial charge on any atom is -0.505 e. The van der Waals surface area contributed by atoms with Crippen LogP contribution < -0.4 is 0 Å². The fourth-order valence-corrected chi connectivity index (χ4v) is 2.58. The zero-order valence-electron chi connectivity index (χ0n) is 13.5. The lowest BCUT2D eigenvalue weighted by molar-refractivity contribution is 0.281. The van der Waals surface area contributed by atoms with Crippen molar-refractivity contribution in [2.24, 2.45) is 0 Å². The van der Waals surface area contributed by atoms with Crippen molar-refractivity contribution in [2.75, 3.05) is 19.6 Å². The molecule has 4 heteroatoms. The van der Waals surface area contributed by atoms with Gasteiger partial charge in [0.2, 0.25) is 0 Å². The Morgan fingerprint density at radius 2 is 1.57 bits per heavy atom. The van der Waals surface area contributed by atoms with Gasteiger partial charge < -0.3 is 10.0 Å². The van der Waals surface area contributed by atoms with Crippen LogP contribution in [0, 0.1) is 5.82 Å². The normalized spacial score (nSPS) is 10.6. The summed E-state index contributed by atoms with van der Waals surface area (Å²) in [6.45, 7) is 5.18. The molecule has 2 aromatic rings. The summed E-state index contributed by atoms with van der Waals surface area (Å²) in [6, 6.07) is 15.1. The summed E-state index contributed by atoms with van der Waals surface area (Å²) >= 11 is 0. The molecule has 0 spiro atoms. The Morgan fingerprint density at radius 1 is 0.913 bits per heavy atom. The molecule has 0 saturated heterocycles. The highest BCUT2D eigenvalue weighted by molar-refractivity contribution is 8.93. The summed E-state index contributed by atoms with van der Waals surface area (Å²) < 4.78 is 13.1. The van der Waals surface area contributed by atoms with Crippen LogP contribution in [0.1, 0.15) is 24.5 Å². The van der Waals surface area contributed by atoms with Gasteiger partial charge in [0.25, 0.3) is 0 Å². The Hall–Kier alpha value is -1.39. The summed E-state index contributed by atoms with van der Waals surface area (Å²) in [5, 5.41) is 9.43. The fourth-order valence-electron chi connectivity index (χ4n) is 2.58. The molecule has 0 saturated carbocycles. The van der Waals surface area contributed by atoms with Crippen molar-refractivity contribution in [3.8, 4) is 5.75 Å². The largest absolute Gasteiger partial charge is 0.505 e. The Balaban J connectivity index is 0.00000264. The quantitative estimate of drug-likeness (QED) is 0.721. The second-order valence-corrected chi connectivity index (χ2v) is 5.61. The van der Waals surface area contributed by atoms with E-state index in [0.717, 1.165) is 44.5 Å². The van der Waals surface area contributed by atoms with Crippen LogP contribution in [0.4, 0.5) is 4.39 Å². The maximum atomic E-state index is 13.1.